The molecule has 0 spiro atoms. The van der Waals surface area contributed by atoms with Crippen LogP contribution in [0.5, 0.6) is 0 Å². The minimum atomic E-state index is 0.905. The van der Waals surface area contributed by atoms with Gasteiger partial charge in [0.2, 0.25) is 0 Å². The number of para-hydroxylation sites is 1. The molecule has 0 aliphatic rings. The van der Waals surface area contributed by atoms with Crippen LogP contribution >= 0.6 is 11.3 Å². The Morgan fingerprint density at radius 1 is 0.316 bits per heavy atom. The Balaban J connectivity index is 1.13. The number of anilines is 3. The molecule has 0 fully saturated rings. The number of hydrogen-bond acceptors (Lipinski definition) is 3. The van der Waals surface area contributed by atoms with Crippen molar-refractivity contribution in [1.29, 1.82) is 0 Å². The lowest BCUT2D eigenvalue weighted by molar-refractivity contribution is 0.669. The summed E-state index contributed by atoms with van der Waals surface area (Å²) in [5.74, 6) is 0. The molecule has 0 bridgehead atoms. The number of rotatable bonds is 7. The maximum atomic E-state index is 6.16. The molecule has 0 saturated heterocycles. The van der Waals surface area contributed by atoms with E-state index in [0.29, 0.717) is 0 Å². The molecule has 0 radical (unpaired) electrons. The third kappa shape index (κ3) is 5.88. The number of hydrogen-bond donors (Lipinski definition) is 0. The van der Waals surface area contributed by atoms with E-state index in [1.54, 1.807) is 0 Å². The van der Waals surface area contributed by atoms with Crippen LogP contribution in [0.4, 0.5) is 17.1 Å². The molecule has 2 aromatic heterocycles. The zero-order valence-electron chi connectivity index (χ0n) is 31.0. The Hall–Kier alpha value is -7.20. The molecule has 0 N–H and O–H groups in total. The average molecular weight is 746 g/mol. The third-order valence-corrected chi connectivity index (χ3v) is 12.3. The SMILES string of the molecule is c1ccc(-c2cc(-c3ccccc3)cc(N(c3ccc(-c4ccc5oc6ccccc6c5c4)cc3)c3cccc4c3sc3c(-c5ccccc5)cccc34)c2)cc1. The van der Waals surface area contributed by atoms with Gasteiger partial charge in [-0.05, 0) is 99.1 Å². The second-order valence-electron chi connectivity index (χ2n) is 14.5. The highest BCUT2D eigenvalue weighted by atomic mass is 32.1. The van der Waals surface area contributed by atoms with Gasteiger partial charge in [-0.15, -0.1) is 11.3 Å². The van der Waals surface area contributed by atoms with Gasteiger partial charge in [0, 0.05) is 37.6 Å². The molecule has 0 amide bonds. The fourth-order valence-electron chi connectivity index (χ4n) is 8.30. The summed E-state index contributed by atoms with van der Waals surface area (Å²) in [7, 11) is 0. The second-order valence-corrected chi connectivity index (χ2v) is 15.5. The van der Waals surface area contributed by atoms with Gasteiger partial charge in [-0.3, -0.25) is 0 Å². The van der Waals surface area contributed by atoms with Crippen LogP contribution in [0.3, 0.4) is 0 Å². The number of furan rings is 1. The fourth-order valence-corrected chi connectivity index (χ4v) is 9.64. The number of benzene rings is 9. The first kappa shape index (κ1) is 33.2. The van der Waals surface area contributed by atoms with E-state index >= 15 is 0 Å². The minimum absolute atomic E-state index is 0.905. The van der Waals surface area contributed by atoms with Crippen molar-refractivity contribution in [1.82, 2.24) is 0 Å². The van der Waals surface area contributed by atoms with E-state index in [2.05, 4.69) is 205 Å². The molecule has 2 heterocycles. The summed E-state index contributed by atoms with van der Waals surface area (Å²) >= 11 is 1.88. The van der Waals surface area contributed by atoms with Crippen molar-refractivity contribution in [2.45, 2.75) is 0 Å². The van der Waals surface area contributed by atoms with E-state index < -0.39 is 0 Å². The Labute approximate surface area is 335 Å². The summed E-state index contributed by atoms with van der Waals surface area (Å²) in [4.78, 5) is 2.45. The molecule has 268 valence electrons. The zero-order chi connectivity index (χ0) is 37.7. The molecular formula is C54H35NOS. The van der Waals surface area contributed by atoms with Crippen LogP contribution < -0.4 is 4.90 Å². The summed E-state index contributed by atoms with van der Waals surface area (Å²) in [6.45, 7) is 0. The molecule has 0 aliphatic heterocycles. The summed E-state index contributed by atoms with van der Waals surface area (Å²) in [5.41, 5.74) is 14.7. The Kier molecular flexibility index (Phi) is 8.04. The van der Waals surface area contributed by atoms with Crippen LogP contribution in [-0.4, -0.2) is 0 Å². The van der Waals surface area contributed by atoms with Gasteiger partial charge in [-0.25, -0.2) is 0 Å². The van der Waals surface area contributed by atoms with Gasteiger partial charge in [-0.2, -0.15) is 0 Å². The maximum Gasteiger partial charge on any atom is 0.135 e. The van der Waals surface area contributed by atoms with Gasteiger partial charge >= 0.3 is 0 Å². The van der Waals surface area contributed by atoms with Crippen molar-refractivity contribution in [3.63, 3.8) is 0 Å². The molecule has 2 nitrogen and oxygen atoms in total. The molecule has 3 heteroatoms. The minimum Gasteiger partial charge on any atom is -0.456 e. The lowest BCUT2D eigenvalue weighted by Gasteiger charge is -2.27. The van der Waals surface area contributed by atoms with Gasteiger partial charge in [0.25, 0.3) is 0 Å². The molecule has 0 atom stereocenters. The highest BCUT2D eigenvalue weighted by molar-refractivity contribution is 7.27. The van der Waals surface area contributed by atoms with Crippen LogP contribution in [0.25, 0.3) is 86.6 Å². The van der Waals surface area contributed by atoms with E-state index in [1.807, 2.05) is 23.5 Å². The van der Waals surface area contributed by atoms with E-state index in [9.17, 15) is 0 Å². The molecular weight excluding hydrogens is 711 g/mol. The zero-order valence-corrected chi connectivity index (χ0v) is 31.8. The van der Waals surface area contributed by atoms with Crippen LogP contribution in [0.2, 0.25) is 0 Å². The quantitative estimate of drug-likeness (QED) is 0.162. The normalized spacial score (nSPS) is 11.5. The van der Waals surface area contributed by atoms with Crippen LogP contribution in [-0.2, 0) is 0 Å². The monoisotopic (exact) mass is 745 g/mol. The van der Waals surface area contributed by atoms with E-state index in [4.69, 9.17) is 4.42 Å². The molecule has 11 rings (SSSR count). The number of thiophene rings is 1. The lowest BCUT2D eigenvalue weighted by atomic mass is 9.97. The molecule has 0 aliphatic carbocycles. The lowest BCUT2D eigenvalue weighted by Crippen LogP contribution is -2.10. The van der Waals surface area contributed by atoms with Crippen molar-refractivity contribution in [2.75, 3.05) is 4.90 Å². The third-order valence-electron chi connectivity index (χ3n) is 11.1. The number of nitrogens with zero attached hydrogens (tertiary/aromatic N) is 1. The smallest absolute Gasteiger partial charge is 0.135 e. The Morgan fingerprint density at radius 2 is 0.860 bits per heavy atom. The molecule has 57 heavy (non-hydrogen) atoms. The summed E-state index contributed by atoms with van der Waals surface area (Å²) in [6.07, 6.45) is 0. The molecule has 0 saturated carbocycles. The van der Waals surface area contributed by atoms with E-state index in [-0.39, 0.29) is 0 Å². The maximum absolute atomic E-state index is 6.16. The molecule has 9 aromatic carbocycles. The molecule has 11 aromatic rings. The van der Waals surface area contributed by atoms with Crippen molar-refractivity contribution >= 4 is 70.5 Å². The Bertz CT molecular complexity index is 3160. The standard InChI is InChI=1S/C54H35NOS/c1-4-14-36(15-5-1)41-32-42(37-16-6-2-7-17-37)34-44(33-41)55(43-29-26-38(27-30-43)40-28-31-52-49(35-40)46-20-10-11-25-51(46)56-52)50-24-13-23-48-47-22-12-21-45(53(47)57-54(48)50)39-18-8-3-9-19-39/h1-35H. The fraction of sp³-hybridized carbons (Fsp3) is 0. The van der Waals surface area contributed by atoms with Crippen molar-refractivity contribution in [3.8, 4) is 44.5 Å². The Morgan fingerprint density at radius 3 is 1.56 bits per heavy atom. The van der Waals surface area contributed by atoms with Crippen molar-refractivity contribution in [2.24, 2.45) is 0 Å². The van der Waals surface area contributed by atoms with Crippen LogP contribution in [0.15, 0.2) is 217 Å². The largest absolute Gasteiger partial charge is 0.456 e. The van der Waals surface area contributed by atoms with Gasteiger partial charge in [0.15, 0.2) is 0 Å². The van der Waals surface area contributed by atoms with Crippen molar-refractivity contribution in [3.05, 3.63) is 212 Å². The average Bonchev–Trinajstić information content (AvgIpc) is 3.86. The first-order valence-electron chi connectivity index (χ1n) is 19.3. The topological polar surface area (TPSA) is 16.4 Å². The first-order chi connectivity index (χ1) is 28.2. The van der Waals surface area contributed by atoms with Gasteiger partial charge in [0.1, 0.15) is 11.2 Å². The summed E-state index contributed by atoms with van der Waals surface area (Å²) < 4.78 is 8.71. The van der Waals surface area contributed by atoms with Crippen molar-refractivity contribution < 1.29 is 4.42 Å². The predicted molar refractivity (Wildman–Crippen MR) is 243 cm³/mol. The predicted octanol–water partition coefficient (Wildman–Crippen LogP) is 16.1. The van der Waals surface area contributed by atoms with E-state index in [1.165, 1.54) is 53.6 Å². The van der Waals surface area contributed by atoms with Gasteiger partial charge in [0.05, 0.1) is 10.4 Å². The van der Waals surface area contributed by atoms with E-state index in [0.717, 1.165) is 50.1 Å². The van der Waals surface area contributed by atoms with Crippen LogP contribution in [0, 0.1) is 0 Å². The highest BCUT2D eigenvalue weighted by Gasteiger charge is 2.21. The summed E-state index contributed by atoms with van der Waals surface area (Å²) in [5, 5.41) is 4.80. The van der Waals surface area contributed by atoms with Crippen LogP contribution in [0.1, 0.15) is 0 Å². The highest BCUT2D eigenvalue weighted by Crippen LogP contribution is 2.48. The van der Waals surface area contributed by atoms with Gasteiger partial charge < -0.3 is 9.32 Å². The number of fused-ring (bicyclic) bond motifs is 6. The second kappa shape index (κ2) is 13.8. The summed E-state index contributed by atoms with van der Waals surface area (Å²) in [6, 6.07) is 76.5. The first-order valence-corrected chi connectivity index (χ1v) is 20.1. The molecule has 0 unspecified atom stereocenters. The van der Waals surface area contributed by atoms with Gasteiger partial charge in [-0.1, -0.05) is 158 Å².